The number of aliphatic hydroxyl groups excluding tert-OH is 1. The molecule has 3 aromatic heterocycles. The Morgan fingerprint density at radius 3 is 2.74 bits per heavy atom. The van der Waals surface area contributed by atoms with E-state index in [1.807, 2.05) is 53.4 Å². The van der Waals surface area contributed by atoms with Crippen molar-refractivity contribution in [3.8, 4) is 5.75 Å². The lowest BCUT2D eigenvalue weighted by Crippen LogP contribution is -2.31. The molecule has 4 aromatic rings. The third-order valence-corrected chi connectivity index (χ3v) is 6.76. The summed E-state index contributed by atoms with van der Waals surface area (Å²) in [6.45, 7) is 8.70. The van der Waals surface area contributed by atoms with Gasteiger partial charge in [0.2, 0.25) is 0 Å². The van der Waals surface area contributed by atoms with Crippen molar-refractivity contribution < 1.29 is 19.4 Å². The number of rotatable bonds is 9. The molecule has 1 aromatic carbocycles. The molecular formula is C29H29N5O4. The first-order chi connectivity index (χ1) is 18.4. The van der Waals surface area contributed by atoms with Crippen molar-refractivity contribution >= 4 is 23.1 Å². The number of likely N-dealkylation sites (tertiary alicyclic amines) is 1. The van der Waals surface area contributed by atoms with E-state index < -0.39 is 17.7 Å². The van der Waals surface area contributed by atoms with Crippen molar-refractivity contribution in [1.29, 1.82) is 0 Å². The predicted octanol–water partition coefficient (Wildman–Crippen LogP) is 4.22. The molecule has 1 aliphatic rings. The second-order valence-corrected chi connectivity index (χ2v) is 9.25. The zero-order chi connectivity index (χ0) is 26.8. The van der Waals surface area contributed by atoms with Gasteiger partial charge in [0.1, 0.15) is 23.7 Å². The summed E-state index contributed by atoms with van der Waals surface area (Å²) >= 11 is 0. The number of benzene rings is 1. The standard InChI is InChI=1S/C29H29N5O4/c1-4-16-38-22-10-5-9-21(17-22)25-23(26(35)24-20(3)33-13-6-8-19(2)28(33)31-24)27(36)29(37)34(25)14-7-12-32-15-11-30-18-32/h4-6,8-11,13,15,17-18,25,35H,1,7,12,14,16H2,2-3H3. The number of imidazole rings is 2. The van der Waals surface area contributed by atoms with E-state index in [0.29, 0.717) is 48.8 Å². The number of amides is 1. The van der Waals surface area contributed by atoms with Crippen LogP contribution in [0.1, 0.15) is 35.0 Å². The van der Waals surface area contributed by atoms with Gasteiger partial charge < -0.3 is 23.7 Å². The molecule has 9 heteroatoms. The number of hydrogen-bond acceptors (Lipinski definition) is 6. The normalized spacial score (nSPS) is 16.9. The average Bonchev–Trinajstić information content (AvgIpc) is 3.62. The summed E-state index contributed by atoms with van der Waals surface area (Å²) in [5.41, 5.74) is 3.24. The molecule has 9 nitrogen and oxygen atoms in total. The Morgan fingerprint density at radius 2 is 2.00 bits per heavy atom. The molecule has 0 bridgehead atoms. The number of Topliss-reactive ketones (excluding diaryl/α,β-unsaturated/α-hetero) is 1. The van der Waals surface area contributed by atoms with Crippen LogP contribution in [0.25, 0.3) is 11.4 Å². The molecule has 1 unspecified atom stereocenters. The first-order valence-electron chi connectivity index (χ1n) is 12.4. The van der Waals surface area contributed by atoms with Gasteiger partial charge in [-0.05, 0) is 49.6 Å². The largest absolute Gasteiger partial charge is 0.505 e. The highest BCUT2D eigenvalue weighted by Gasteiger charge is 2.46. The van der Waals surface area contributed by atoms with Crippen molar-refractivity contribution in [2.24, 2.45) is 0 Å². The molecule has 4 heterocycles. The fraction of sp³-hybridized carbons (Fsp3) is 0.241. The zero-order valence-electron chi connectivity index (χ0n) is 21.4. The van der Waals surface area contributed by atoms with Gasteiger partial charge in [0.05, 0.1) is 23.6 Å². The van der Waals surface area contributed by atoms with E-state index in [0.717, 1.165) is 5.56 Å². The molecule has 1 fully saturated rings. The average molecular weight is 512 g/mol. The third kappa shape index (κ3) is 4.47. The fourth-order valence-corrected chi connectivity index (χ4v) is 4.90. The lowest BCUT2D eigenvalue weighted by molar-refractivity contribution is -0.139. The Kier molecular flexibility index (Phi) is 6.83. The van der Waals surface area contributed by atoms with E-state index in [-0.39, 0.29) is 17.0 Å². The van der Waals surface area contributed by atoms with Gasteiger partial charge in [-0.1, -0.05) is 30.9 Å². The number of ketones is 1. The number of carbonyl (C=O) groups excluding carboxylic acids is 2. The minimum atomic E-state index is -0.796. The summed E-state index contributed by atoms with van der Waals surface area (Å²) in [7, 11) is 0. The molecular weight excluding hydrogens is 482 g/mol. The topological polar surface area (TPSA) is 102 Å². The lowest BCUT2D eigenvalue weighted by Gasteiger charge is -2.25. The van der Waals surface area contributed by atoms with Gasteiger partial charge in [0.15, 0.2) is 5.76 Å². The third-order valence-electron chi connectivity index (χ3n) is 6.76. The van der Waals surface area contributed by atoms with E-state index in [2.05, 4.69) is 16.5 Å². The molecule has 1 atom stereocenters. The zero-order valence-corrected chi connectivity index (χ0v) is 21.4. The van der Waals surface area contributed by atoms with E-state index in [1.165, 1.54) is 4.90 Å². The number of nitrogens with zero attached hydrogens (tertiary/aromatic N) is 5. The Labute approximate surface area is 220 Å². The van der Waals surface area contributed by atoms with Crippen LogP contribution in [0.15, 0.2) is 79.5 Å². The molecule has 194 valence electrons. The van der Waals surface area contributed by atoms with Gasteiger partial charge in [0, 0.05) is 31.7 Å². The molecule has 5 rings (SSSR count). The number of fused-ring (bicyclic) bond motifs is 1. The second-order valence-electron chi connectivity index (χ2n) is 9.25. The smallest absolute Gasteiger partial charge is 0.295 e. The fourth-order valence-electron chi connectivity index (χ4n) is 4.90. The molecule has 0 spiro atoms. The SMILES string of the molecule is C=CCOc1cccc(C2C(=C(O)c3nc4c(C)cccn4c3C)C(=O)C(=O)N2CCCn2ccnc2)c1. The van der Waals surface area contributed by atoms with Crippen molar-refractivity contribution in [2.45, 2.75) is 32.9 Å². The summed E-state index contributed by atoms with van der Waals surface area (Å²) in [5.74, 6) is -1.10. The highest BCUT2D eigenvalue weighted by Crippen LogP contribution is 2.40. The van der Waals surface area contributed by atoms with Crippen LogP contribution >= 0.6 is 0 Å². The molecule has 38 heavy (non-hydrogen) atoms. The van der Waals surface area contributed by atoms with Gasteiger partial charge in [-0.3, -0.25) is 9.59 Å². The number of aromatic nitrogens is 4. The van der Waals surface area contributed by atoms with Crippen LogP contribution in [0.5, 0.6) is 5.75 Å². The summed E-state index contributed by atoms with van der Waals surface area (Å²) < 4.78 is 9.50. The molecule has 1 amide bonds. The van der Waals surface area contributed by atoms with Crippen LogP contribution in [-0.2, 0) is 16.1 Å². The molecule has 1 N–H and O–H groups in total. The van der Waals surface area contributed by atoms with Crippen molar-refractivity contribution in [3.05, 3.63) is 102 Å². The number of aryl methyl sites for hydroxylation is 3. The van der Waals surface area contributed by atoms with Crippen molar-refractivity contribution in [1.82, 2.24) is 23.8 Å². The Balaban J connectivity index is 1.60. The number of aliphatic hydroxyl groups is 1. The van der Waals surface area contributed by atoms with Gasteiger partial charge in [-0.2, -0.15) is 0 Å². The van der Waals surface area contributed by atoms with E-state index in [1.54, 1.807) is 36.8 Å². The highest BCUT2D eigenvalue weighted by atomic mass is 16.5. The van der Waals surface area contributed by atoms with Crippen LogP contribution in [0.2, 0.25) is 0 Å². The number of pyridine rings is 1. The maximum atomic E-state index is 13.5. The predicted molar refractivity (Wildman–Crippen MR) is 143 cm³/mol. The van der Waals surface area contributed by atoms with Crippen LogP contribution in [0.4, 0.5) is 0 Å². The van der Waals surface area contributed by atoms with E-state index in [4.69, 9.17) is 4.74 Å². The van der Waals surface area contributed by atoms with Gasteiger partial charge >= 0.3 is 0 Å². The minimum Gasteiger partial charge on any atom is -0.505 e. The molecule has 0 radical (unpaired) electrons. The van der Waals surface area contributed by atoms with Gasteiger partial charge in [-0.15, -0.1) is 0 Å². The van der Waals surface area contributed by atoms with Crippen LogP contribution in [0.3, 0.4) is 0 Å². The summed E-state index contributed by atoms with van der Waals surface area (Å²) in [5, 5.41) is 11.6. The number of hydrogen-bond donors (Lipinski definition) is 1. The van der Waals surface area contributed by atoms with Crippen molar-refractivity contribution in [3.63, 3.8) is 0 Å². The maximum Gasteiger partial charge on any atom is 0.295 e. The molecule has 1 aliphatic heterocycles. The molecule has 0 saturated carbocycles. The van der Waals surface area contributed by atoms with Crippen molar-refractivity contribution in [2.75, 3.05) is 13.2 Å². The molecule has 0 aliphatic carbocycles. The number of ether oxygens (including phenoxy) is 1. The Morgan fingerprint density at radius 1 is 1.16 bits per heavy atom. The van der Waals surface area contributed by atoms with Crippen LogP contribution in [-0.4, -0.2) is 53.8 Å². The van der Waals surface area contributed by atoms with Crippen LogP contribution in [0, 0.1) is 13.8 Å². The van der Waals surface area contributed by atoms with Gasteiger partial charge in [-0.25, -0.2) is 9.97 Å². The Bertz CT molecular complexity index is 1550. The second kappa shape index (κ2) is 10.4. The quantitative estimate of drug-likeness (QED) is 0.156. The first kappa shape index (κ1) is 25.0. The van der Waals surface area contributed by atoms with E-state index >= 15 is 0 Å². The van der Waals surface area contributed by atoms with Crippen LogP contribution < -0.4 is 4.74 Å². The summed E-state index contributed by atoms with van der Waals surface area (Å²) in [4.78, 5) is 37.0. The van der Waals surface area contributed by atoms with Gasteiger partial charge in [0.25, 0.3) is 11.7 Å². The minimum absolute atomic E-state index is 0.0164. The summed E-state index contributed by atoms with van der Waals surface area (Å²) in [6.07, 6.45) is 9.34. The lowest BCUT2D eigenvalue weighted by atomic mass is 9.96. The molecule has 1 saturated heterocycles. The summed E-state index contributed by atoms with van der Waals surface area (Å²) in [6, 6.07) is 10.3. The number of carbonyl (C=O) groups is 2. The van der Waals surface area contributed by atoms with E-state index in [9.17, 15) is 14.7 Å². The Hall–Kier alpha value is -4.66. The maximum absolute atomic E-state index is 13.5. The monoisotopic (exact) mass is 511 g/mol. The highest BCUT2D eigenvalue weighted by molar-refractivity contribution is 6.46. The first-order valence-corrected chi connectivity index (χ1v) is 12.4.